The molecule has 1 aliphatic rings. The van der Waals surface area contributed by atoms with E-state index in [2.05, 4.69) is 39.5 Å². The second-order valence-corrected chi connectivity index (χ2v) is 8.03. The number of aryl methyl sites for hydroxylation is 1. The summed E-state index contributed by atoms with van der Waals surface area (Å²) in [5.74, 6) is 0.876. The summed E-state index contributed by atoms with van der Waals surface area (Å²) < 4.78 is 0. The molecule has 0 radical (unpaired) electrons. The molecule has 1 aliphatic heterocycles. The van der Waals surface area contributed by atoms with Crippen molar-refractivity contribution in [1.29, 1.82) is 0 Å². The Bertz CT molecular complexity index is 907. The molecule has 1 aromatic carbocycles. The van der Waals surface area contributed by atoms with Crippen molar-refractivity contribution in [3.05, 3.63) is 59.5 Å². The summed E-state index contributed by atoms with van der Waals surface area (Å²) >= 11 is 1.66. The molecule has 28 heavy (non-hydrogen) atoms. The molecule has 0 saturated carbocycles. The normalized spacial score (nSPS) is 16.8. The molecule has 1 fully saturated rings. The van der Waals surface area contributed by atoms with Crippen LogP contribution < -0.4 is 10.2 Å². The minimum Gasteiger partial charge on any atom is -0.354 e. The van der Waals surface area contributed by atoms with Crippen molar-refractivity contribution in [2.45, 2.75) is 26.2 Å². The Kier molecular flexibility index (Phi) is 5.67. The van der Waals surface area contributed by atoms with Gasteiger partial charge >= 0.3 is 0 Å². The number of benzene rings is 1. The number of carbonyl (C=O) groups is 1. The molecule has 4 rings (SSSR count). The van der Waals surface area contributed by atoms with E-state index in [1.54, 1.807) is 11.3 Å². The molecule has 1 amide bonds. The topological polar surface area (TPSA) is 58.1 Å². The van der Waals surface area contributed by atoms with E-state index >= 15 is 0 Å². The molecule has 5 nitrogen and oxygen atoms in total. The summed E-state index contributed by atoms with van der Waals surface area (Å²) in [5, 5.41) is 13.9. The molecule has 1 saturated heterocycles. The maximum absolute atomic E-state index is 12.7. The summed E-state index contributed by atoms with van der Waals surface area (Å²) in [5.41, 5.74) is 3.02. The van der Waals surface area contributed by atoms with Crippen molar-refractivity contribution >= 4 is 28.7 Å². The van der Waals surface area contributed by atoms with Gasteiger partial charge in [0.25, 0.3) is 0 Å². The first-order valence-electron chi connectivity index (χ1n) is 9.75. The predicted octanol–water partition coefficient (Wildman–Crippen LogP) is 4.62. The maximum Gasteiger partial charge on any atom is 0.229 e. The number of rotatable bonds is 5. The summed E-state index contributed by atoms with van der Waals surface area (Å²) in [6.45, 7) is 3.70. The van der Waals surface area contributed by atoms with Gasteiger partial charge < -0.3 is 10.2 Å². The summed E-state index contributed by atoms with van der Waals surface area (Å²) in [6.07, 6.45) is 2.87. The lowest BCUT2D eigenvalue weighted by molar-refractivity contribution is -0.120. The molecule has 3 aromatic rings. The van der Waals surface area contributed by atoms with Crippen LogP contribution in [0, 0.1) is 5.92 Å². The average Bonchev–Trinajstić information content (AvgIpc) is 3.29. The van der Waals surface area contributed by atoms with E-state index in [-0.39, 0.29) is 11.8 Å². The van der Waals surface area contributed by atoms with Crippen LogP contribution >= 0.6 is 11.3 Å². The molecular weight excluding hydrogens is 368 g/mol. The van der Waals surface area contributed by atoms with Crippen LogP contribution in [-0.4, -0.2) is 29.2 Å². The predicted molar refractivity (Wildman–Crippen MR) is 115 cm³/mol. The fourth-order valence-corrected chi connectivity index (χ4v) is 4.21. The molecule has 1 N–H and O–H groups in total. The maximum atomic E-state index is 12.7. The van der Waals surface area contributed by atoms with Crippen LogP contribution in [0.1, 0.15) is 25.3 Å². The van der Waals surface area contributed by atoms with Crippen LogP contribution in [0.25, 0.3) is 10.6 Å². The molecule has 1 atom stereocenters. The van der Waals surface area contributed by atoms with Crippen LogP contribution in [0.2, 0.25) is 0 Å². The minimum absolute atomic E-state index is 0.0432. The zero-order valence-electron chi connectivity index (χ0n) is 16.0. The van der Waals surface area contributed by atoms with E-state index in [9.17, 15) is 4.79 Å². The van der Waals surface area contributed by atoms with Crippen molar-refractivity contribution in [3.8, 4) is 10.6 Å². The average molecular weight is 393 g/mol. The molecule has 0 spiro atoms. The van der Waals surface area contributed by atoms with E-state index in [0.717, 1.165) is 47.9 Å². The van der Waals surface area contributed by atoms with Gasteiger partial charge in [0.2, 0.25) is 5.91 Å². The highest BCUT2D eigenvalue weighted by molar-refractivity contribution is 7.13. The van der Waals surface area contributed by atoms with Crippen molar-refractivity contribution in [1.82, 2.24) is 10.2 Å². The van der Waals surface area contributed by atoms with E-state index in [1.807, 2.05) is 41.8 Å². The third-order valence-electron chi connectivity index (χ3n) is 5.17. The first-order valence-corrected chi connectivity index (χ1v) is 10.6. The lowest BCUT2D eigenvalue weighted by atomic mass is 9.97. The van der Waals surface area contributed by atoms with Crippen LogP contribution in [0.4, 0.5) is 11.5 Å². The van der Waals surface area contributed by atoms with Gasteiger partial charge in [-0.05, 0) is 60.5 Å². The van der Waals surface area contributed by atoms with Gasteiger partial charge in [0.1, 0.15) is 5.69 Å². The number of anilines is 2. The van der Waals surface area contributed by atoms with Crippen molar-refractivity contribution in [2.75, 3.05) is 23.3 Å². The smallest absolute Gasteiger partial charge is 0.229 e. The zero-order valence-corrected chi connectivity index (χ0v) is 16.8. The third kappa shape index (κ3) is 4.22. The number of hydrogen-bond acceptors (Lipinski definition) is 5. The number of carbonyl (C=O) groups excluding carboxylic acids is 1. The number of hydrogen-bond donors (Lipinski definition) is 1. The molecule has 2 aromatic heterocycles. The van der Waals surface area contributed by atoms with Crippen molar-refractivity contribution < 1.29 is 4.79 Å². The highest BCUT2D eigenvalue weighted by atomic mass is 32.1. The van der Waals surface area contributed by atoms with Gasteiger partial charge in [-0.3, -0.25) is 4.79 Å². The first kappa shape index (κ1) is 18.6. The number of amides is 1. The summed E-state index contributed by atoms with van der Waals surface area (Å²) in [4.78, 5) is 16.0. The Hall–Kier alpha value is -2.73. The highest BCUT2D eigenvalue weighted by Crippen LogP contribution is 2.26. The molecule has 3 heterocycles. The molecule has 1 unspecified atom stereocenters. The summed E-state index contributed by atoms with van der Waals surface area (Å²) in [7, 11) is 0. The van der Waals surface area contributed by atoms with Gasteiger partial charge in [0, 0.05) is 18.8 Å². The summed E-state index contributed by atoms with van der Waals surface area (Å²) in [6, 6.07) is 16.2. The number of thiophene rings is 1. The van der Waals surface area contributed by atoms with Crippen molar-refractivity contribution in [3.63, 3.8) is 0 Å². The van der Waals surface area contributed by atoms with Gasteiger partial charge in [-0.15, -0.1) is 21.5 Å². The molecule has 6 heteroatoms. The fourth-order valence-electron chi connectivity index (χ4n) is 3.52. The molecule has 144 valence electrons. The first-order chi connectivity index (χ1) is 13.7. The minimum atomic E-state index is -0.0432. The number of nitrogens with zero attached hydrogens (tertiary/aromatic N) is 3. The van der Waals surface area contributed by atoms with Gasteiger partial charge in [-0.1, -0.05) is 25.1 Å². The lowest BCUT2D eigenvalue weighted by Crippen LogP contribution is -2.41. The van der Waals surface area contributed by atoms with Crippen LogP contribution in [0.15, 0.2) is 53.9 Å². The monoisotopic (exact) mass is 392 g/mol. The Morgan fingerprint density at radius 1 is 1.18 bits per heavy atom. The Balaban J connectivity index is 1.40. The molecule has 0 aliphatic carbocycles. The van der Waals surface area contributed by atoms with Gasteiger partial charge in [0.15, 0.2) is 5.82 Å². The highest BCUT2D eigenvalue weighted by Gasteiger charge is 2.26. The third-order valence-corrected chi connectivity index (χ3v) is 6.06. The number of nitrogens with one attached hydrogen (secondary N) is 1. The largest absolute Gasteiger partial charge is 0.354 e. The SMILES string of the molecule is CCc1ccc(NC(=O)C2CCCN(c3ccc(-c4cccs4)nn3)C2)cc1. The van der Waals surface area contributed by atoms with E-state index in [0.29, 0.717) is 6.54 Å². The number of piperidine rings is 1. The van der Waals surface area contributed by atoms with Crippen LogP contribution in [0.3, 0.4) is 0 Å². The standard InChI is InChI=1S/C22H24N4OS/c1-2-16-7-9-18(10-8-16)23-22(27)17-5-3-13-26(15-17)21-12-11-19(24-25-21)20-6-4-14-28-20/h4,6-12,14,17H,2-3,5,13,15H2,1H3,(H,23,27). The van der Waals surface area contributed by atoms with Crippen LogP contribution in [-0.2, 0) is 11.2 Å². The molecular formula is C22H24N4OS. The fraction of sp³-hybridized carbons (Fsp3) is 0.318. The lowest BCUT2D eigenvalue weighted by Gasteiger charge is -2.32. The zero-order chi connectivity index (χ0) is 19.3. The van der Waals surface area contributed by atoms with Gasteiger partial charge in [-0.25, -0.2) is 0 Å². The quantitative estimate of drug-likeness (QED) is 0.688. The van der Waals surface area contributed by atoms with E-state index < -0.39 is 0 Å². The van der Waals surface area contributed by atoms with Crippen molar-refractivity contribution in [2.24, 2.45) is 5.92 Å². The second-order valence-electron chi connectivity index (χ2n) is 7.08. The molecule has 0 bridgehead atoms. The van der Waals surface area contributed by atoms with Crippen LogP contribution in [0.5, 0.6) is 0 Å². The Labute approximate surface area is 169 Å². The number of aromatic nitrogens is 2. The Morgan fingerprint density at radius 2 is 2.04 bits per heavy atom. The van der Waals surface area contributed by atoms with E-state index in [1.165, 1.54) is 5.56 Å². The Morgan fingerprint density at radius 3 is 2.71 bits per heavy atom. The second kappa shape index (κ2) is 8.52. The van der Waals surface area contributed by atoms with E-state index in [4.69, 9.17) is 0 Å². The van der Waals surface area contributed by atoms with Gasteiger partial charge in [0.05, 0.1) is 10.8 Å². The van der Waals surface area contributed by atoms with Gasteiger partial charge in [-0.2, -0.15) is 0 Å².